The molecule has 3 rings (SSSR count). The highest BCUT2D eigenvalue weighted by Crippen LogP contribution is 2.46. The molecule has 2 fully saturated rings. The molecular formula is C15H21ClN2O3. The monoisotopic (exact) mass is 312 g/mol. The number of carbonyl (C=O) groups is 2. The second kappa shape index (κ2) is 5.29. The third-order valence-electron chi connectivity index (χ3n) is 5.30. The molecular weight excluding hydrogens is 292 g/mol. The first-order valence-corrected chi connectivity index (χ1v) is 8.08. The van der Waals surface area contributed by atoms with Gasteiger partial charge in [-0.1, -0.05) is 12.2 Å². The van der Waals surface area contributed by atoms with Crippen molar-refractivity contribution in [1.29, 1.82) is 0 Å². The van der Waals surface area contributed by atoms with Gasteiger partial charge < -0.3 is 15.3 Å². The van der Waals surface area contributed by atoms with E-state index in [0.717, 1.165) is 19.3 Å². The Kier molecular flexibility index (Phi) is 3.74. The number of hydrogen-bond donors (Lipinski definition) is 2. The van der Waals surface area contributed by atoms with E-state index >= 15 is 0 Å². The van der Waals surface area contributed by atoms with Crippen molar-refractivity contribution in [3.05, 3.63) is 12.2 Å². The number of halogens is 1. The minimum absolute atomic E-state index is 0.0719. The van der Waals surface area contributed by atoms with Gasteiger partial charge in [0.05, 0.1) is 18.1 Å². The number of alkyl halides is 1. The average Bonchev–Trinajstić information content (AvgIpc) is 2.66. The summed E-state index contributed by atoms with van der Waals surface area (Å²) in [5.41, 5.74) is -1.11. The summed E-state index contributed by atoms with van der Waals surface area (Å²) in [4.78, 5) is 26.2. The molecule has 116 valence electrons. The van der Waals surface area contributed by atoms with Crippen molar-refractivity contribution in [1.82, 2.24) is 10.2 Å². The van der Waals surface area contributed by atoms with Crippen molar-refractivity contribution >= 4 is 23.4 Å². The van der Waals surface area contributed by atoms with Crippen molar-refractivity contribution in [3.63, 3.8) is 0 Å². The van der Waals surface area contributed by atoms with Crippen LogP contribution < -0.4 is 5.32 Å². The van der Waals surface area contributed by atoms with E-state index in [4.69, 9.17) is 11.6 Å². The van der Waals surface area contributed by atoms with Crippen LogP contribution in [0.4, 0.5) is 0 Å². The number of amides is 2. The van der Waals surface area contributed by atoms with Gasteiger partial charge >= 0.3 is 0 Å². The Morgan fingerprint density at radius 1 is 1.57 bits per heavy atom. The Balaban J connectivity index is 1.93. The van der Waals surface area contributed by atoms with E-state index in [1.54, 1.807) is 7.05 Å². The van der Waals surface area contributed by atoms with Crippen molar-refractivity contribution in [2.24, 2.45) is 11.8 Å². The van der Waals surface area contributed by atoms with Crippen LogP contribution in [-0.4, -0.2) is 52.4 Å². The number of hydrogen-bond acceptors (Lipinski definition) is 3. The van der Waals surface area contributed by atoms with Crippen LogP contribution in [0, 0.1) is 11.8 Å². The standard InChI is InChI=1S/C15H21ClN2O3/c1-18-13(20)10(7-8-16)11-15(18,14(21)17-11)12(19)9-5-3-2-4-6-9/h3,5,9-12,19H,2,4,6-8H2,1H3,(H,17,21)/t9-,10?,11+,12+,15+/m1/s1. The largest absolute Gasteiger partial charge is 0.389 e. The van der Waals surface area contributed by atoms with Crippen LogP contribution in [0.3, 0.4) is 0 Å². The molecule has 1 aliphatic carbocycles. The van der Waals surface area contributed by atoms with Crippen LogP contribution in [0.2, 0.25) is 0 Å². The topological polar surface area (TPSA) is 69.6 Å². The fraction of sp³-hybridized carbons (Fsp3) is 0.733. The number of aliphatic hydroxyl groups excluding tert-OH is 1. The van der Waals surface area contributed by atoms with Gasteiger partial charge in [-0.15, -0.1) is 11.6 Å². The lowest BCUT2D eigenvalue weighted by molar-refractivity contribution is -0.162. The van der Waals surface area contributed by atoms with E-state index in [-0.39, 0.29) is 29.7 Å². The highest BCUT2D eigenvalue weighted by atomic mass is 35.5. The molecule has 0 spiro atoms. The number of β-lactam (4-membered cyclic amide) rings is 1. The number of nitrogens with zero attached hydrogens (tertiary/aromatic N) is 1. The zero-order valence-corrected chi connectivity index (χ0v) is 12.8. The third-order valence-corrected chi connectivity index (χ3v) is 5.52. The lowest BCUT2D eigenvalue weighted by atomic mass is 9.68. The summed E-state index contributed by atoms with van der Waals surface area (Å²) in [5.74, 6) is -0.374. The molecule has 5 nitrogen and oxygen atoms in total. The first-order valence-electron chi connectivity index (χ1n) is 7.54. The summed E-state index contributed by atoms with van der Waals surface area (Å²) in [6.07, 6.45) is 6.55. The molecule has 0 saturated carbocycles. The summed E-state index contributed by atoms with van der Waals surface area (Å²) in [6, 6.07) is -0.327. The van der Waals surface area contributed by atoms with E-state index in [1.807, 2.05) is 12.2 Å². The van der Waals surface area contributed by atoms with E-state index in [2.05, 4.69) is 5.32 Å². The first-order chi connectivity index (χ1) is 10.0. The number of allylic oxidation sites excluding steroid dienone is 1. The van der Waals surface area contributed by atoms with Gasteiger partial charge in [-0.2, -0.15) is 0 Å². The SMILES string of the molecule is CN1C(=O)C(CCCl)[C@@H]2NC(=O)[C@@]21[C@@H](O)[C@@H]1C=CCCC1. The predicted octanol–water partition coefficient (Wildman–Crippen LogP) is 0.658. The van der Waals surface area contributed by atoms with Crippen molar-refractivity contribution < 1.29 is 14.7 Å². The molecule has 2 saturated heterocycles. The second-order valence-corrected chi connectivity index (χ2v) is 6.60. The van der Waals surface area contributed by atoms with Gasteiger partial charge in [0.1, 0.15) is 0 Å². The summed E-state index contributed by atoms with van der Waals surface area (Å²) < 4.78 is 0. The van der Waals surface area contributed by atoms with Gasteiger partial charge in [-0.3, -0.25) is 9.59 Å². The molecule has 5 atom stereocenters. The van der Waals surface area contributed by atoms with Gasteiger partial charge in [0.2, 0.25) is 5.91 Å². The zero-order chi connectivity index (χ0) is 15.2. The van der Waals surface area contributed by atoms with Crippen molar-refractivity contribution in [2.45, 2.75) is 43.4 Å². The fourth-order valence-corrected chi connectivity index (χ4v) is 4.36. The second-order valence-electron chi connectivity index (χ2n) is 6.23. The summed E-state index contributed by atoms with van der Waals surface area (Å²) >= 11 is 5.78. The lowest BCUT2D eigenvalue weighted by Crippen LogP contribution is -2.81. The van der Waals surface area contributed by atoms with Gasteiger partial charge in [0, 0.05) is 18.8 Å². The van der Waals surface area contributed by atoms with Crippen LogP contribution in [0.15, 0.2) is 12.2 Å². The number of likely N-dealkylation sites (tertiary alicyclic amines) is 1. The van der Waals surface area contributed by atoms with Gasteiger partial charge in [0.15, 0.2) is 5.54 Å². The molecule has 0 bridgehead atoms. The molecule has 21 heavy (non-hydrogen) atoms. The first kappa shape index (κ1) is 14.9. The number of likely N-dealkylation sites (N-methyl/N-ethyl adjacent to an activating group) is 1. The Morgan fingerprint density at radius 2 is 2.33 bits per heavy atom. The minimum atomic E-state index is -1.11. The Bertz CT molecular complexity index is 495. The highest BCUT2D eigenvalue weighted by molar-refractivity contribution is 6.18. The minimum Gasteiger partial charge on any atom is -0.389 e. The molecule has 1 unspecified atom stereocenters. The van der Waals surface area contributed by atoms with Crippen molar-refractivity contribution in [2.75, 3.05) is 12.9 Å². The number of nitrogens with one attached hydrogen (secondary N) is 1. The maximum absolute atomic E-state index is 12.4. The van der Waals surface area contributed by atoms with Crippen LogP contribution in [0.25, 0.3) is 0 Å². The van der Waals surface area contributed by atoms with E-state index in [1.165, 1.54) is 4.90 Å². The maximum atomic E-state index is 12.4. The average molecular weight is 313 g/mol. The summed E-state index contributed by atoms with van der Waals surface area (Å²) in [5, 5.41) is 13.7. The summed E-state index contributed by atoms with van der Waals surface area (Å²) in [6.45, 7) is 0. The molecule has 2 heterocycles. The molecule has 3 aliphatic rings. The molecule has 2 N–H and O–H groups in total. The predicted molar refractivity (Wildman–Crippen MR) is 78.7 cm³/mol. The fourth-order valence-electron chi connectivity index (χ4n) is 4.12. The molecule has 6 heteroatoms. The van der Waals surface area contributed by atoms with Crippen LogP contribution in [-0.2, 0) is 9.59 Å². The Hall–Kier alpha value is -1.07. The third kappa shape index (κ3) is 1.87. The zero-order valence-electron chi connectivity index (χ0n) is 12.1. The van der Waals surface area contributed by atoms with E-state index in [9.17, 15) is 14.7 Å². The van der Waals surface area contributed by atoms with E-state index < -0.39 is 11.6 Å². The molecule has 0 aromatic carbocycles. The van der Waals surface area contributed by atoms with Gasteiger partial charge in [0.25, 0.3) is 5.91 Å². The Labute approximate surface area is 129 Å². The Morgan fingerprint density at radius 3 is 2.90 bits per heavy atom. The van der Waals surface area contributed by atoms with E-state index in [0.29, 0.717) is 12.3 Å². The number of aliphatic hydroxyl groups is 1. The summed E-state index contributed by atoms with van der Waals surface area (Å²) in [7, 11) is 1.62. The molecule has 2 aliphatic heterocycles. The molecule has 0 aromatic rings. The smallest absolute Gasteiger partial charge is 0.251 e. The normalized spacial score (nSPS) is 39.8. The molecule has 0 radical (unpaired) electrons. The highest BCUT2D eigenvalue weighted by Gasteiger charge is 2.72. The molecule has 2 amide bonds. The van der Waals surface area contributed by atoms with Gasteiger partial charge in [-0.05, 0) is 25.7 Å². The molecule has 0 aromatic heterocycles. The van der Waals surface area contributed by atoms with Crippen LogP contribution in [0.5, 0.6) is 0 Å². The van der Waals surface area contributed by atoms with Gasteiger partial charge in [-0.25, -0.2) is 0 Å². The van der Waals surface area contributed by atoms with Crippen LogP contribution >= 0.6 is 11.6 Å². The van der Waals surface area contributed by atoms with Crippen molar-refractivity contribution in [3.8, 4) is 0 Å². The number of fused-ring (bicyclic) bond motifs is 1. The number of carbonyl (C=O) groups excluding carboxylic acids is 2. The maximum Gasteiger partial charge on any atom is 0.251 e. The van der Waals surface area contributed by atoms with Crippen LogP contribution in [0.1, 0.15) is 25.7 Å². The number of rotatable bonds is 4. The quantitative estimate of drug-likeness (QED) is 0.455. The lowest BCUT2D eigenvalue weighted by Gasteiger charge is -2.52.